The minimum atomic E-state index is -5.08. The van der Waals surface area contributed by atoms with Crippen molar-refractivity contribution >= 4 is 39.1 Å². The Morgan fingerprint density at radius 1 is 0.565 bits per heavy atom. The molecule has 0 unspecified atom stereocenters. The number of halogens is 3. The lowest BCUT2D eigenvalue weighted by Gasteiger charge is -2.17. The maximum absolute atomic E-state index is 14.0. The van der Waals surface area contributed by atoms with Crippen LogP contribution >= 0.6 is 0 Å². The second-order valence-corrected chi connectivity index (χ2v) is 14.3. The number of aromatic nitrogens is 2. The molecule has 0 radical (unpaired) electrons. The van der Waals surface area contributed by atoms with Gasteiger partial charge in [0.15, 0.2) is 34.6 Å². The van der Waals surface area contributed by atoms with Gasteiger partial charge in [-0.25, -0.2) is 4.79 Å². The van der Waals surface area contributed by atoms with Gasteiger partial charge in [-0.15, -0.1) is 0 Å². The summed E-state index contributed by atoms with van der Waals surface area (Å²) in [5.41, 5.74) is 4.41. The number of carboxylic acid groups (broad SMARTS) is 1. The summed E-state index contributed by atoms with van der Waals surface area (Å²) in [5.74, 6) is -1.27. The average molecular weight is 855 g/mol. The monoisotopic (exact) mass is 854 g/mol. The Labute approximate surface area is 351 Å². The third-order valence-electron chi connectivity index (χ3n) is 10.8. The first-order chi connectivity index (χ1) is 29.8. The molecule has 0 saturated carbocycles. The van der Waals surface area contributed by atoms with Crippen molar-refractivity contribution in [3.8, 4) is 45.5 Å². The van der Waals surface area contributed by atoms with Crippen LogP contribution in [0.4, 0.5) is 13.2 Å². The Morgan fingerprint density at radius 2 is 0.887 bits per heavy atom. The predicted octanol–water partition coefficient (Wildman–Crippen LogP) is 5.68. The van der Waals surface area contributed by atoms with Crippen molar-refractivity contribution in [1.29, 1.82) is 0 Å². The van der Waals surface area contributed by atoms with Gasteiger partial charge >= 0.3 is 12.1 Å². The van der Waals surface area contributed by atoms with Gasteiger partial charge in [0, 0.05) is 59.2 Å². The lowest BCUT2D eigenvalue weighted by Crippen LogP contribution is -2.31. The van der Waals surface area contributed by atoms with Gasteiger partial charge in [-0.05, 0) is 43.8 Å². The molecule has 17 heteroatoms. The number of hydrogen-bond acceptors (Lipinski definition) is 11. The second kappa shape index (κ2) is 17.6. The molecular formula is C45H41F3N4O10. The van der Waals surface area contributed by atoms with Crippen molar-refractivity contribution in [1.82, 2.24) is 19.8 Å². The Kier molecular flexibility index (Phi) is 12.2. The molecule has 2 aromatic heterocycles. The normalized spacial score (nSPS) is 12.4. The van der Waals surface area contributed by atoms with Crippen molar-refractivity contribution in [2.75, 3.05) is 54.6 Å². The van der Waals surface area contributed by atoms with Crippen LogP contribution in [0.2, 0.25) is 0 Å². The number of carbonyl (C=O) groups is 3. The summed E-state index contributed by atoms with van der Waals surface area (Å²) >= 11 is 0. The number of ether oxygens (including phenoxy) is 4. The van der Waals surface area contributed by atoms with Gasteiger partial charge in [0.25, 0.3) is 11.1 Å². The molecule has 8 rings (SSSR count). The van der Waals surface area contributed by atoms with E-state index in [0.717, 1.165) is 17.5 Å². The molecule has 2 aliphatic rings. The lowest BCUT2D eigenvalue weighted by atomic mass is 10.0. The van der Waals surface area contributed by atoms with Crippen LogP contribution in [0.15, 0.2) is 82.4 Å². The molecule has 14 nitrogen and oxygen atoms in total. The van der Waals surface area contributed by atoms with E-state index in [2.05, 4.69) is 10.6 Å². The van der Waals surface area contributed by atoms with E-state index in [1.807, 2.05) is 36.4 Å². The van der Waals surface area contributed by atoms with Crippen LogP contribution in [0.25, 0.3) is 44.1 Å². The van der Waals surface area contributed by atoms with E-state index in [4.69, 9.17) is 28.8 Å². The Bertz CT molecular complexity index is 2720. The highest BCUT2D eigenvalue weighted by molar-refractivity contribution is 6.27. The number of benzene rings is 4. The minimum Gasteiger partial charge on any atom is -0.493 e. The van der Waals surface area contributed by atoms with Crippen LogP contribution in [-0.2, 0) is 17.9 Å². The molecule has 0 spiro atoms. The average Bonchev–Trinajstić information content (AvgIpc) is 3.74. The summed E-state index contributed by atoms with van der Waals surface area (Å²) in [6, 6.07) is 21.5. The molecule has 0 saturated heterocycles. The highest BCUT2D eigenvalue weighted by atomic mass is 19.4. The number of ketones is 2. The van der Waals surface area contributed by atoms with E-state index in [1.54, 1.807) is 45.5 Å². The number of alkyl halides is 3. The molecule has 0 bridgehead atoms. The second-order valence-electron chi connectivity index (χ2n) is 14.3. The smallest absolute Gasteiger partial charge is 0.490 e. The fraction of sp³-hybridized carbons (Fsp3) is 0.267. The first kappa shape index (κ1) is 43.1. The summed E-state index contributed by atoms with van der Waals surface area (Å²) < 4.78 is 57.1. The van der Waals surface area contributed by atoms with Crippen molar-refractivity contribution < 1.29 is 51.6 Å². The zero-order valence-electron chi connectivity index (χ0n) is 34.0. The van der Waals surface area contributed by atoms with Gasteiger partial charge in [0.2, 0.25) is 0 Å². The zero-order valence-corrected chi connectivity index (χ0v) is 34.0. The molecule has 3 N–H and O–H groups in total. The van der Waals surface area contributed by atoms with Crippen LogP contribution in [0.3, 0.4) is 0 Å². The van der Waals surface area contributed by atoms with E-state index in [0.29, 0.717) is 117 Å². The molecule has 62 heavy (non-hydrogen) atoms. The van der Waals surface area contributed by atoms with Gasteiger partial charge < -0.3 is 43.8 Å². The molecule has 322 valence electrons. The summed E-state index contributed by atoms with van der Waals surface area (Å²) in [7, 11) is 6.08. The molecule has 4 aromatic carbocycles. The fourth-order valence-corrected chi connectivity index (χ4v) is 8.01. The van der Waals surface area contributed by atoms with Crippen molar-refractivity contribution in [2.24, 2.45) is 0 Å². The number of fused-ring (bicyclic) bond motifs is 10. The number of carbonyl (C=O) groups excluding carboxylic acids is 2. The van der Waals surface area contributed by atoms with E-state index >= 15 is 0 Å². The Balaban J connectivity index is 0.000000762. The van der Waals surface area contributed by atoms with E-state index in [1.165, 1.54) is 28.4 Å². The maximum Gasteiger partial charge on any atom is 0.490 e. The minimum absolute atomic E-state index is 0.123. The van der Waals surface area contributed by atoms with Crippen LogP contribution < -0.4 is 40.7 Å². The van der Waals surface area contributed by atoms with E-state index < -0.39 is 12.1 Å². The molecule has 0 aliphatic heterocycles. The molecule has 0 atom stereocenters. The first-order valence-corrected chi connectivity index (χ1v) is 19.4. The zero-order chi connectivity index (χ0) is 44.5. The van der Waals surface area contributed by atoms with Crippen LogP contribution in [0.5, 0.6) is 23.0 Å². The van der Waals surface area contributed by atoms with Crippen LogP contribution in [0, 0.1) is 0 Å². The number of nitrogens with zero attached hydrogens (tertiary/aromatic N) is 2. The molecular weight excluding hydrogens is 814 g/mol. The number of nitrogens with one attached hydrogen (secondary N) is 2. The summed E-state index contributed by atoms with van der Waals surface area (Å²) in [5, 5.41) is 15.9. The number of methoxy groups -OCH3 is 4. The van der Waals surface area contributed by atoms with Gasteiger partial charge in [-0.2, -0.15) is 13.2 Å². The first-order valence-electron chi connectivity index (χ1n) is 19.4. The van der Waals surface area contributed by atoms with Gasteiger partial charge in [-0.3, -0.25) is 19.2 Å². The van der Waals surface area contributed by atoms with Crippen LogP contribution in [-0.4, -0.2) is 92.6 Å². The Hall–Kier alpha value is -6.98. The van der Waals surface area contributed by atoms with E-state index in [9.17, 15) is 32.3 Å². The molecule has 0 fully saturated rings. The number of pyridine rings is 2. The third-order valence-corrected chi connectivity index (χ3v) is 10.8. The summed E-state index contributed by atoms with van der Waals surface area (Å²) in [6.07, 6.45) is -4.30. The molecule has 2 aliphatic carbocycles. The van der Waals surface area contributed by atoms with Crippen molar-refractivity contribution in [2.45, 2.75) is 25.7 Å². The SMILES string of the molecule is COc1cc2c3c(n(CCNCCCNCCn4c5c(c6cc(OC)c(OC)cc6c4=O)C(=O)c4ccccc4-5)c(=O)c2cc1OC)-c1ccccc1C3=O.O=C(O)C(F)(F)F. The number of aliphatic carboxylic acids is 1. The van der Waals surface area contributed by atoms with E-state index in [-0.39, 0.29) is 22.7 Å². The summed E-state index contributed by atoms with van der Waals surface area (Å²) in [6.45, 7) is 3.06. The van der Waals surface area contributed by atoms with Gasteiger partial charge in [0.1, 0.15) is 0 Å². The maximum atomic E-state index is 14.0. The number of carboxylic acids is 1. The molecule has 6 aromatic rings. The number of rotatable bonds is 14. The van der Waals surface area contributed by atoms with Crippen molar-refractivity contribution in [3.05, 3.63) is 116 Å². The topological polar surface area (TPSA) is 176 Å². The molecule has 0 amide bonds. The van der Waals surface area contributed by atoms with Gasteiger partial charge in [0.05, 0.1) is 61.7 Å². The molecule has 2 heterocycles. The van der Waals surface area contributed by atoms with Crippen LogP contribution in [0.1, 0.15) is 38.3 Å². The third kappa shape index (κ3) is 7.64. The standard InChI is InChI=1S/C43H40N4O8.C2HF3O2/c1-52-32-20-28-30(22-34(32)54-3)42(50)46(38-24-10-5-7-12-26(24)40(48)36(28)38)18-16-44-14-9-15-45-17-19-47-39-25-11-6-8-13-27(25)41(49)37(39)29-21-33(53-2)35(55-4)23-31(29)43(47)51;3-2(4,5)1(6)7/h5-8,10-13,20-23,44-45H,9,14-19H2,1-4H3;(H,6,7). The Morgan fingerprint density at radius 3 is 1.21 bits per heavy atom. The predicted molar refractivity (Wildman–Crippen MR) is 224 cm³/mol. The lowest BCUT2D eigenvalue weighted by molar-refractivity contribution is -0.192. The fourth-order valence-electron chi connectivity index (χ4n) is 8.01. The quantitative estimate of drug-likeness (QED) is 0.114. The largest absolute Gasteiger partial charge is 0.493 e. The highest BCUT2D eigenvalue weighted by Gasteiger charge is 2.38. The van der Waals surface area contributed by atoms with Crippen molar-refractivity contribution in [3.63, 3.8) is 0 Å². The number of hydrogen-bond donors (Lipinski definition) is 3. The highest BCUT2D eigenvalue weighted by Crippen LogP contribution is 2.43. The summed E-state index contributed by atoms with van der Waals surface area (Å²) in [4.78, 5) is 64.3. The van der Waals surface area contributed by atoms with Gasteiger partial charge in [-0.1, -0.05) is 48.5 Å².